The summed E-state index contributed by atoms with van der Waals surface area (Å²) in [4.78, 5) is 16.2. The minimum Gasteiger partial charge on any atom is -0.462 e. The van der Waals surface area contributed by atoms with E-state index in [0.717, 1.165) is 11.1 Å². The second kappa shape index (κ2) is 12.0. The number of benzene rings is 1. The number of aliphatic hydroxyl groups is 1. The van der Waals surface area contributed by atoms with Crippen LogP contribution in [-0.2, 0) is 16.9 Å². The van der Waals surface area contributed by atoms with Gasteiger partial charge < -0.3 is 20.5 Å². The monoisotopic (exact) mass is 517 g/mol. The van der Waals surface area contributed by atoms with Gasteiger partial charge in [-0.05, 0) is 60.9 Å². The van der Waals surface area contributed by atoms with E-state index in [1.54, 1.807) is 37.3 Å². The second-order valence-electron chi connectivity index (χ2n) is 6.25. The van der Waals surface area contributed by atoms with Crippen LogP contribution in [0.4, 0.5) is 0 Å². The highest BCUT2D eigenvalue weighted by molar-refractivity contribution is 14.0. The van der Waals surface area contributed by atoms with E-state index < -0.39 is 5.60 Å². The number of guanidine groups is 1. The van der Waals surface area contributed by atoms with Crippen molar-refractivity contribution in [3.63, 3.8) is 0 Å². The van der Waals surface area contributed by atoms with Crippen LogP contribution in [0.15, 0.2) is 46.1 Å². The molecule has 0 fully saturated rings. The lowest BCUT2D eigenvalue weighted by Crippen LogP contribution is -2.44. The van der Waals surface area contributed by atoms with Gasteiger partial charge in [0.1, 0.15) is 5.60 Å². The zero-order chi connectivity index (χ0) is 19.7. The van der Waals surface area contributed by atoms with Gasteiger partial charge in [0.25, 0.3) is 0 Å². The molecule has 6 nitrogen and oxygen atoms in total. The van der Waals surface area contributed by atoms with Crippen LogP contribution < -0.4 is 10.6 Å². The van der Waals surface area contributed by atoms with Gasteiger partial charge >= 0.3 is 5.97 Å². The summed E-state index contributed by atoms with van der Waals surface area (Å²) in [7, 11) is 0. The Hall–Kier alpha value is -1.65. The molecule has 1 atom stereocenters. The van der Waals surface area contributed by atoms with Crippen molar-refractivity contribution in [1.29, 1.82) is 0 Å². The number of carbonyl (C=O) groups excluding carboxylic acids is 1. The Morgan fingerprint density at radius 3 is 2.50 bits per heavy atom. The lowest BCUT2D eigenvalue weighted by Gasteiger charge is -2.24. The molecule has 0 bridgehead atoms. The van der Waals surface area contributed by atoms with Crippen molar-refractivity contribution < 1.29 is 14.6 Å². The molecule has 1 aromatic heterocycles. The van der Waals surface area contributed by atoms with Crippen LogP contribution >= 0.6 is 35.3 Å². The molecule has 0 spiro atoms. The predicted octanol–water partition coefficient (Wildman–Crippen LogP) is 3.51. The summed E-state index contributed by atoms with van der Waals surface area (Å²) >= 11 is 1.56. The average molecular weight is 517 g/mol. The number of hydrogen-bond donors (Lipinski definition) is 3. The highest BCUT2D eigenvalue weighted by atomic mass is 127. The molecule has 0 radical (unpaired) electrons. The lowest BCUT2D eigenvalue weighted by molar-refractivity contribution is 0.0526. The molecule has 0 saturated heterocycles. The number of carbonyl (C=O) groups is 1. The molecule has 1 unspecified atom stereocenters. The van der Waals surface area contributed by atoms with Crippen LogP contribution in [-0.4, -0.2) is 36.7 Å². The molecule has 1 aromatic carbocycles. The number of ether oxygens (including phenoxy) is 1. The van der Waals surface area contributed by atoms with E-state index >= 15 is 0 Å². The third-order valence-corrected chi connectivity index (χ3v) is 4.66. The smallest absolute Gasteiger partial charge is 0.338 e. The Bertz CT molecular complexity index is 747. The van der Waals surface area contributed by atoms with Gasteiger partial charge in [0.2, 0.25) is 0 Å². The summed E-state index contributed by atoms with van der Waals surface area (Å²) in [6, 6.07) is 9.12. The van der Waals surface area contributed by atoms with Crippen LogP contribution in [0.25, 0.3) is 0 Å². The molecule has 0 aliphatic rings. The number of thiophene rings is 1. The first-order chi connectivity index (χ1) is 13.0. The molecule has 28 heavy (non-hydrogen) atoms. The SMILES string of the molecule is CCNC(=NCc1ccc(C(=O)OCC)cc1)NCC(C)(O)c1ccsc1.I. The summed E-state index contributed by atoms with van der Waals surface area (Å²) in [5, 5.41) is 20.9. The zero-order valence-corrected chi connectivity index (χ0v) is 19.5. The van der Waals surface area contributed by atoms with Gasteiger partial charge in [-0.3, -0.25) is 0 Å². The normalized spacial score (nSPS) is 13.2. The number of esters is 1. The quantitative estimate of drug-likeness (QED) is 0.216. The molecule has 8 heteroatoms. The van der Waals surface area contributed by atoms with E-state index in [1.165, 1.54) is 0 Å². The molecule has 0 aliphatic heterocycles. The van der Waals surface area contributed by atoms with E-state index in [2.05, 4.69) is 15.6 Å². The van der Waals surface area contributed by atoms with Gasteiger partial charge in [0.05, 0.1) is 25.3 Å². The molecule has 0 aliphatic carbocycles. The number of aliphatic imine (C=N–C) groups is 1. The Balaban J connectivity index is 0.00000392. The molecule has 154 valence electrons. The van der Waals surface area contributed by atoms with Crippen LogP contribution in [0.3, 0.4) is 0 Å². The lowest BCUT2D eigenvalue weighted by atomic mass is 9.99. The number of nitrogens with zero attached hydrogens (tertiary/aromatic N) is 1. The van der Waals surface area contributed by atoms with E-state index in [0.29, 0.717) is 37.8 Å². The first kappa shape index (κ1) is 24.4. The van der Waals surface area contributed by atoms with Crippen molar-refractivity contribution in [3.05, 3.63) is 57.8 Å². The molecule has 3 N–H and O–H groups in total. The van der Waals surface area contributed by atoms with Crippen LogP contribution in [0.5, 0.6) is 0 Å². The average Bonchev–Trinajstić information content (AvgIpc) is 3.20. The Kier molecular flexibility index (Phi) is 10.5. The van der Waals surface area contributed by atoms with Crippen molar-refractivity contribution >= 4 is 47.2 Å². The number of nitrogens with one attached hydrogen (secondary N) is 2. The summed E-state index contributed by atoms with van der Waals surface area (Å²) < 4.78 is 4.98. The van der Waals surface area contributed by atoms with Crippen molar-refractivity contribution in [2.24, 2.45) is 4.99 Å². The van der Waals surface area contributed by atoms with Crippen LogP contribution in [0, 0.1) is 0 Å². The van der Waals surface area contributed by atoms with E-state index in [1.807, 2.05) is 35.9 Å². The number of rotatable bonds is 8. The fourth-order valence-electron chi connectivity index (χ4n) is 2.40. The summed E-state index contributed by atoms with van der Waals surface area (Å²) in [6.07, 6.45) is 0. The van der Waals surface area contributed by atoms with Crippen molar-refractivity contribution in [3.8, 4) is 0 Å². The first-order valence-corrected chi connectivity index (χ1v) is 9.94. The maximum absolute atomic E-state index is 11.7. The van der Waals surface area contributed by atoms with Crippen molar-refractivity contribution in [1.82, 2.24) is 10.6 Å². The third kappa shape index (κ3) is 7.40. The zero-order valence-electron chi connectivity index (χ0n) is 16.4. The standard InChI is InChI=1S/C20H27N3O3S.HI/c1-4-21-19(23-14-20(3,25)17-10-11-27-13-17)22-12-15-6-8-16(9-7-15)18(24)26-5-2;/h6-11,13,25H,4-5,12,14H2,1-3H3,(H2,21,22,23);1H. The van der Waals surface area contributed by atoms with Gasteiger partial charge in [-0.1, -0.05) is 12.1 Å². The van der Waals surface area contributed by atoms with E-state index in [4.69, 9.17) is 4.74 Å². The van der Waals surface area contributed by atoms with Crippen LogP contribution in [0.2, 0.25) is 0 Å². The summed E-state index contributed by atoms with van der Waals surface area (Å²) in [6.45, 7) is 7.43. The maximum atomic E-state index is 11.7. The van der Waals surface area contributed by atoms with Gasteiger partial charge in [0.15, 0.2) is 5.96 Å². The Morgan fingerprint density at radius 1 is 1.21 bits per heavy atom. The van der Waals surface area contributed by atoms with E-state index in [-0.39, 0.29) is 29.9 Å². The molecule has 2 aromatic rings. The van der Waals surface area contributed by atoms with E-state index in [9.17, 15) is 9.90 Å². The largest absolute Gasteiger partial charge is 0.462 e. The molecule has 2 rings (SSSR count). The third-order valence-electron chi connectivity index (χ3n) is 3.97. The summed E-state index contributed by atoms with van der Waals surface area (Å²) in [5.41, 5.74) is 1.41. The highest BCUT2D eigenvalue weighted by Crippen LogP contribution is 2.21. The molecule has 0 saturated carbocycles. The van der Waals surface area contributed by atoms with Gasteiger partial charge in [-0.15, -0.1) is 24.0 Å². The fraction of sp³-hybridized carbons (Fsp3) is 0.400. The highest BCUT2D eigenvalue weighted by Gasteiger charge is 2.23. The van der Waals surface area contributed by atoms with Crippen molar-refractivity contribution in [2.75, 3.05) is 19.7 Å². The maximum Gasteiger partial charge on any atom is 0.338 e. The van der Waals surface area contributed by atoms with Gasteiger partial charge in [-0.25, -0.2) is 9.79 Å². The number of halogens is 1. The summed E-state index contributed by atoms with van der Waals surface area (Å²) in [5.74, 6) is 0.306. The van der Waals surface area contributed by atoms with Crippen LogP contribution in [0.1, 0.15) is 42.3 Å². The Labute approximate surface area is 187 Å². The minimum absolute atomic E-state index is 0. The molecule has 1 heterocycles. The van der Waals surface area contributed by atoms with Gasteiger partial charge in [0, 0.05) is 6.54 Å². The topological polar surface area (TPSA) is 83.0 Å². The fourth-order valence-corrected chi connectivity index (χ4v) is 3.18. The molecular formula is C20H28IN3O3S. The predicted molar refractivity (Wildman–Crippen MR) is 125 cm³/mol. The molecular weight excluding hydrogens is 489 g/mol. The molecule has 0 amide bonds. The number of hydrogen-bond acceptors (Lipinski definition) is 5. The second-order valence-corrected chi connectivity index (χ2v) is 7.03. The first-order valence-electron chi connectivity index (χ1n) is 8.99. The van der Waals surface area contributed by atoms with Gasteiger partial charge in [-0.2, -0.15) is 11.3 Å². The Morgan fingerprint density at radius 2 is 1.93 bits per heavy atom. The van der Waals surface area contributed by atoms with Crippen molar-refractivity contribution in [2.45, 2.75) is 32.9 Å². The minimum atomic E-state index is -0.975.